The molecule has 9 aromatic rings. The second-order valence-corrected chi connectivity index (χ2v) is 12.4. The van der Waals surface area contributed by atoms with Gasteiger partial charge in [-0.3, -0.25) is 9.97 Å². The lowest BCUT2D eigenvalue weighted by atomic mass is 9.83. The van der Waals surface area contributed by atoms with Gasteiger partial charge in [0.1, 0.15) is 11.5 Å². The standard InChI is InChI=1S/C46H32N2O2/c1-49-41-26-42(50-2)40(46-37-21-9-5-17-33(37)44(30-14-12-24-48-28-30)34-18-6-10-22-38(34)46)25-39(41)45-35-19-7-3-15-31(35)43(29-13-11-23-47-27-29)32-16-4-8-20-36(32)45/h3-28H,1-2H3. The summed E-state index contributed by atoms with van der Waals surface area (Å²) >= 11 is 0. The Balaban J connectivity index is 1.42. The molecule has 0 aliphatic carbocycles. The molecule has 0 amide bonds. The van der Waals surface area contributed by atoms with Crippen molar-refractivity contribution in [1.29, 1.82) is 0 Å². The highest BCUT2D eigenvalue weighted by molar-refractivity contribution is 6.24. The average Bonchev–Trinajstić information content (AvgIpc) is 3.19. The third-order valence-electron chi connectivity index (χ3n) is 9.82. The summed E-state index contributed by atoms with van der Waals surface area (Å²) in [7, 11) is 3.47. The van der Waals surface area contributed by atoms with E-state index >= 15 is 0 Å². The van der Waals surface area contributed by atoms with E-state index in [1.54, 1.807) is 14.2 Å². The van der Waals surface area contributed by atoms with E-state index in [4.69, 9.17) is 9.47 Å². The lowest BCUT2D eigenvalue weighted by Gasteiger charge is -2.22. The number of hydrogen-bond donors (Lipinski definition) is 0. The zero-order chi connectivity index (χ0) is 33.6. The van der Waals surface area contributed by atoms with Crippen LogP contribution in [-0.2, 0) is 0 Å². The minimum absolute atomic E-state index is 0.746. The molecule has 0 aliphatic rings. The van der Waals surface area contributed by atoms with Gasteiger partial charge in [-0.15, -0.1) is 0 Å². The van der Waals surface area contributed by atoms with Gasteiger partial charge in [0.25, 0.3) is 0 Å². The highest BCUT2D eigenvalue weighted by Crippen LogP contribution is 2.51. The van der Waals surface area contributed by atoms with Gasteiger partial charge < -0.3 is 9.47 Å². The van der Waals surface area contributed by atoms with E-state index in [9.17, 15) is 0 Å². The molecule has 0 saturated heterocycles. The lowest BCUT2D eigenvalue weighted by Crippen LogP contribution is -1.98. The Kier molecular flexibility index (Phi) is 7.21. The Morgan fingerprint density at radius 1 is 0.360 bits per heavy atom. The molecule has 0 aliphatic heterocycles. The molecular weight excluding hydrogens is 613 g/mol. The van der Waals surface area contributed by atoms with Crippen LogP contribution >= 0.6 is 0 Å². The molecule has 0 spiro atoms. The topological polar surface area (TPSA) is 44.2 Å². The SMILES string of the molecule is COc1cc(OC)c(-c2c3ccccc3c(-c3cccnc3)c3ccccc23)cc1-c1c2ccccc2c(-c2cccnc2)c2ccccc12. The van der Waals surface area contributed by atoms with Gasteiger partial charge in [-0.1, -0.05) is 109 Å². The van der Waals surface area contributed by atoms with Gasteiger partial charge in [-0.25, -0.2) is 0 Å². The number of nitrogens with zero attached hydrogens (tertiary/aromatic N) is 2. The molecule has 0 N–H and O–H groups in total. The first-order valence-corrected chi connectivity index (χ1v) is 16.7. The zero-order valence-corrected chi connectivity index (χ0v) is 27.7. The summed E-state index contributed by atoms with van der Waals surface area (Å²) in [6.45, 7) is 0. The smallest absolute Gasteiger partial charge is 0.130 e. The Morgan fingerprint density at radius 3 is 0.960 bits per heavy atom. The van der Waals surface area contributed by atoms with Crippen LogP contribution in [0.2, 0.25) is 0 Å². The van der Waals surface area contributed by atoms with Gasteiger partial charge in [-0.05, 0) is 72.4 Å². The number of pyridine rings is 2. The maximum atomic E-state index is 6.20. The molecule has 9 rings (SSSR count). The summed E-state index contributed by atoms with van der Waals surface area (Å²) in [4.78, 5) is 8.97. The van der Waals surface area contributed by atoms with Crippen LogP contribution in [0.15, 0.2) is 158 Å². The van der Waals surface area contributed by atoms with Gasteiger partial charge in [0.05, 0.1) is 14.2 Å². The Bertz CT molecular complexity index is 2420. The van der Waals surface area contributed by atoms with E-state index in [1.807, 2.05) is 43.0 Å². The summed E-state index contributed by atoms with van der Waals surface area (Å²) in [6.07, 6.45) is 7.54. The molecule has 0 unspecified atom stereocenters. The van der Waals surface area contributed by atoms with Gasteiger partial charge in [-0.2, -0.15) is 0 Å². The van der Waals surface area contributed by atoms with Crippen molar-refractivity contribution in [3.63, 3.8) is 0 Å². The lowest BCUT2D eigenvalue weighted by molar-refractivity contribution is 0.396. The monoisotopic (exact) mass is 644 g/mol. The molecule has 0 bridgehead atoms. The largest absolute Gasteiger partial charge is 0.496 e. The maximum Gasteiger partial charge on any atom is 0.130 e. The second-order valence-electron chi connectivity index (χ2n) is 12.4. The molecule has 4 nitrogen and oxygen atoms in total. The van der Waals surface area contributed by atoms with Crippen molar-refractivity contribution in [3.05, 3.63) is 158 Å². The number of ether oxygens (including phenoxy) is 2. The highest BCUT2D eigenvalue weighted by atomic mass is 16.5. The van der Waals surface area contributed by atoms with Crippen LogP contribution in [0.4, 0.5) is 0 Å². The fourth-order valence-electron chi connectivity index (χ4n) is 7.77. The summed E-state index contributed by atoms with van der Waals surface area (Å²) in [5, 5.41) is 9.19. The summed E-state index contributed by atoms with van der Waals surface area (Å²) < 4.78 is 12.4. The van der Waals surface area contributed by atoms with Crippen molar-refractivity contribution < 1.29 is 9.47 Å². The summed E-state index contributed by atoms with van der Waals surface area (Å²) in [6, 6.07) is 47.2. The third-order valence-corrected chi connectivity index (χ3v) is 9.82. The molecule has 2 aromatic heterocycles. The van der Waals surface area contributed by atoms with E-state index in [-0.39, 0.29) is 0 Å². The Hall–Kier alpha value is -6.52. The van der Waals surface area contributed by atoms with Crippen molar-refractivity contribution in [2.75, 3.05) is 14.2 Å². The highest BCUT2D eigenvalue weighted by Gasteiger charge is 2.24. The van der Waals surface area contributed by atoms with E-state index < -0.39 is 0 Å². The fourth-order valence-corrected chi connectivity index (χ4v) is 7.77. The predicted molar refractivity (Wildman–Crippen MR) is 207 cm³/mol. The summed E-state index contributed by atoms with van der Waals surface area (Å²) in [5.74, 6) is 1.49. The first-order valence-electron chi connectivity index (χ1n) is 16.7. The third kappa shape index (κ3) is 4.61. The van der Waals surface area contributed by atoms with Crippen LogP contribution in [-0.4, -0.2) is 24.2 Å². The molecule has 0 fully saturated rings. The molecule has 238 valence electrons. The van der Waals surface area contributed by atoms with E-state index in [1.165, 1.54) is 11.1 Å². The molecular formula is C46H32N2O2. The number of aromatic nitrogens is 2. The van der Waals surface area contributed by atoms with Crippen molar-refractivity contribution in [1.82, 2.24) is 9.97 Å². The number of rotatable bonds is 6. The quantitative estimate of drug-likeness (QED) is 0.169. The van der Waals surface area contributed by atoms with Crippen LogP contribution in [0.5, 0.6) is 11.5 Å². The van der Waals surface area contributed by atoms with Gasteiger partial charge >= 0.3 is 0 Å². The number of methoxy groups -OCH3 is 2. The second kappa shape index (κ2) is 12.2. The molecule has 0 atom stereocenters. The minimum atomic E-state index is 0.746. The van der Waals surface area contributed by atoms with Crippen LogP contribution in [0.1, 0.15) is 0 Å². The van der Waals surface area contributed by atoms with Crippen LogP contribution in [0.3, 0.4) is 0 Å². The molecule has 4 heteroatoms. The molecule has 2 heterocycles. The Labute approximate surface area is 290 Å². The maximum absolute atomic E-state index is 6.20. The number of fused-ring (bicyclic) bond motifs is 4. The van der Waals surface area contributed by atoms with Crippen molar-refractivity contribution in [2.45, 2.75) is 0 Å². The Morgan fingerprint density at radius 2 is 0.680 bits per heavy atom. The molecule has 0 radical (unpaired) electrons. The first kappa shape index (κ1) is 29.6. The number of hydrogen-bond acceptors (Lipinski definition) is 4. The van der Waals surface area contributed by atoms with E-state index in [2.05, 4.69) is 125 Å². The fraction of sp³-hybridized carbons (Fsp3) is 0.0435. The van der Waals surface area contributed by atoms with E-state index in [0.717, 1.165) is 88.0 Å². The van der Waals surface area contributed by atoms with Crippen molar-refractivity contribution in [2.24, 2.45) is 0 Å². The van der Waals surface area contributed by atoms with Crippen LogP contribution in [0.25, 0.3) is 87.6 Å². The molecule has 50 heavy (non-hydrogen) atoms. The summed E-state index contributed by atoms with van der Waals surface area (Å²) in [5.41, 5.74) is 8.74. The average molecular weight is 645 g/mol. The first-order chi connectivity index (χ1) is 24.8. The van der Waals surface area contributed by atoms with E-state index in [0.29, 0.717) is 0 Å². The molecule has 7 aromatic carbocycles. The van der Waals surface area contributed by atoms with Gasteiger partial charge in [0, 0.05) is 64.2 Å². The molecule has 0 saturated carbocycles. The van der Waals surface area contributed by atoms with Crippen LogP contribution in [0, 0.1) is 0 Å². The van der Waals surface area contributed by atoms with Gasteiger partial charge in [0.2, 0.25) is 0 Å². The zero-order valence-electron chi connectivity index (χ0n) is 27.7. The minimum Gasteiger partial charge on any atom is -0.496 e. The van der Waals surface area contributed by atoms with Crippen LogP contribution < -0.4 is 9.47 Å². The number of benzene rings is 7. The van der Waals surface area contributed by atoms with Crippen molar-refractivity contribution in [3.8, 4) is 56.0 Å². The van der Waals surface area contributed by atoms with Crippen molar-refractivity contribution >= 4 is 43.1 Å². The van der Waals surface area contributed by atoms with Gasteiger partial charge in [0.15, 0.2) is 0 Å². The normalized spacial score (nSPS) is 11.4. The predicted octanol–water partition coefficient (Wildman–Crippen LogP) is 11.8.